The lowest BCUT2D eigenvalue weighted by Crippen LogP contribution is -2.21. The third-order valence-corrected chi connectivity index (χ3v) is 6.58. The molecule has 0 fully saturated rings. The smallest absolute Gasteiger partial charge is 0.487 e. The number of carbonyl (C=O) groups is 2. The van der Waals surface area contributed by atoms with Crippen molar-refractivity contribution in [3.05, 3.63) is 108 Å². The normalized spacial score (nSPS) is 11.5. The van der Waals surface area contributed by atoms with Crippen molar-refractivity contribution in [2.45, 2.75) is 25.6 Å². The number of aromatic nitrogens is 6. The summed E-state index contributed by atoms with van der Waals surface area (Å²) < 4.78 is 124. The van der Waals surface area contributed by atoms with E-state index >= 15 is 0 Å². The van der Waals surface area contributed by atoms with E-state index in [1.54, 1.807) is 24.5 Å². The van der Waals surface area contributed by atoms with Crippen molar-refractivity contribution in [1.29, 1.82) is 0 Å². The van der Waals surface area contributed by atoms with E-state index < -0.39 is 47.3 Å². The van der Waals surface area contributed by atoms with E-state index in [1.165, 1.54) is 12.3 Å². The van der Waals surface area contributed by atoms with E-state index in [9.17, 15) is 39.5 Å². The number of H-pyrrole nitrogens is 1. The molecule has 0 spiro atoms. The molecule has 3 N–H and O–H groups in total. The number of nitrogens with one attached hydrogen (secondary N) is 1. The minimum absolute atomic E-state index is 0.0283. The van der Waals surface area contributed by atoms with Gasteiger partial charge in [-0.2, -0.15) is 26.3 Å². The molecule has 4 heterocycles. The van der Waals surface area contributed by atoms with E-state index in [2.05, 4.69) is 24.9 Å². The largest absolute Gasteiger partial charge is 0.490 e. The molecular weight excluding hydrogens is 763 g/mol. The first-order valence-electron chi connectivity index (χ1n) is 14.9. The first kappa shape index (κ1) is 40.9. The van der Waals surface area contributed by atoms with Crippen LogP contribution < -0.4 is 9.47 Å². The number of aromatic amines is 1. The van der Waals surface area contributed by atoms with Crippen LogP contribution in [0.15, 0.2) is 71.7 Å². The van der Waals surface area contributed by atoms with E-state index in [4.69, 9.17) is 33.7 Å². The summed E-state index contributed by atoms with van der Waals surface area (Å²) in [5.41, 5.74) is 2.10. The summed E-state index contributed by atoms with van der Waals surface area (Å²) in [6, 6.07) is 10.3. The van der Waals surface area contributed by atoms with Gasteiger partial charge in [-0.3, -0.25) is 0 Å². The molecule has 0 bridgehead atoms. The fourth-order valence-corrected chi connectivity index (χ4v) is 4.03. The van der Waals surface area contributed by atoms with Crippen molar-refractivity contribution in [3.8, 4) is 22.9 Å². The Morgan fingerprint density at radius 3 is 2.00 bits per heavy atom. The number of carboxylic acids is 2. The van der Waals surface area contributed by atoms with Crippen LogP contribution in [-0.2, 0) is 29.9 Å². The molecule has 290 valence electrons. The second-order valence-electron chi connectivity index (χ2n) is 10.6. The van der Waals surface area contributed by atoms with Crippen LogP contribution in [-0.4, -0.2) is 64.0 Å². The number of carboxylic acid groups (broad SMARTS) is 2. The quantitative estimate of drug-likeness (QED) is 0.125. The Balaban J connectivity index is 0.000000410. The van der Waals surface area contributed by atoms with Crippen LogP contribution >= 0.6 is 0 Å². The van der Waals surface area contributed by atoms with Gasteiger partial charge in [0.25, 0.3) is 0 Å². The van der Waals surface area contributed by atoms with Crippen molar-refractivity contribution >= 4 is 35.3 Å². The predicted octanol–water partition coefficient (Wildman–Crippen LogP) is 7.36. The van der Waals surface area contributed by atoms with Crippen LogP contribution in [0.2, 0.25) is 0 Å². The molecule has 0 aliphatic carbocycles. The summed E-state index contributed by atoms with van der Waals surface area (Å²) in [6.07, 6.45) is -1.20. The molecule has 6 aromatic rings. The lowest BCUT2D eigenvalue weighted by atomic mass is 10.2. The second kappa shape index (κ2) is 17.3. The number of nitrogens with zero attached hydrogens (tertiary/aromatic N) is 5. The fourth-order valence-electron chi connectivity index (χ4n) is 4.03. The molecule has 0 aliphatic rings. The van der Waals surface area contributed by atoms with Gasteiger partial charge in [-0.05, 0) is 30.3 Å². The Hall–Kier alpha value is -6.87. The Morgan fingerprint density at radius 2 is 1.45 bits per heavy atom. The van der Waals surface area contributed by atoms with Crippen molar-refractivity contribution in [1.82, 2.24) is 29.5 Å². The lowest BCUT2D eigenvalue weighted by Gasteiger charge is -2.11. The molecular formula is C33H23F9N6O7. The number of rotatable bonds is 9. The fraction of sp³-hybridized carbons (Fsp3) is 0.152. The van der Waals surface area contributed by atoms with Crippen molar-refractivity contribution in [2.24, 2.45) is 7.05 Å². The number of ether oxygens (including phenoxy) is 2. The molecule has 0 saturated heterocycles. The minimum atomic E-state index is -5.08. The molecule has 2 aromatic carbocycles. The van der Waals surface area contributed by atoms with Gasteiger partial charge in [0.05, 0.1) is 5.52 Å². The third-order valence-electron chi connectivity index (χ3n) is 6.58. The van der Waals surface area contributed by atoms with Gasteiger partial charge < -0.3 is 33.7 Å². The SMILES string of the molecule is Cn1ccnc1COc1cc(OCc2coc(/C=C/c3c(F)cc(F)cc3F)n2)cc(-c2nc3ncccc3[nH]2)c1.O=C(O)C(F)(F)F.O=C(O)C(F)(F)F. The number of imidazole rings is 2. The van der Waals surface area contributed by atoms with E-state index in [0.29, 0.717) is 46.4 Å². The summed E-state index contributed by atoms with van der Waals surface area (Å²) >= 11 is 0. The highest BCUT2D eigenvalue weighted by Crippen LogP contribution is 2.31. The van der Waals surface area contributed by atoms with Crippen LogP contribution in [0.5, 0.6) is 11.5 Å². The number of alkyl halides is 6. The lowest BCUT2D eigenvalue weighted by molar-refractivity contribution is -0.193. The molecule has 55 heavy (non-hydrogen) atoms. The highest BCUT2D eigenvalue weighted by molar-refractivity contribution is 5.76. The van der Waals surface area contributed by atoms with Gasteiger partial charge in [0, 0.05) is 61.0 Å². The monoisotopic (exact) mass is 786 g/mol. The summed E-state index contributed by atoms with van der Waals surface area (Å²) in [6.45, 7) is 0.267. The molecule has 0 atom stereocenters. The number of hydrogen-bond donors (Lipinski definition) is 3. The maximum atomic E-state index is 13.9. The molecule has 0 aliphatic heterocycles. The van der Waals surface area contributed by atoms with Crippen molar-refractivity contribution < 1.29 is 73.2 Å². The average Bonchev–Trinajstić information content (AvgIpc) is 3.85. The van der Waals surface area contributed by atoms with Gasteiger partial charge >= 0.3 is 24.3 Å². The number of aliphatic carboxylic acids is 2. The van der Waals surface area contributed by atoms with Crippen LogP contribution in [0.1, 0.15) is 23.0 Å². The van der Waals surface area contributed by atoms with E-state index in [0.717, 1.165) is 17.4 Å². The molecule has 4 aromatic heterocycles. The molecule has 0 amide bonds. The maximum absolute atomic E-state index is 13.9. The Morgan fingerprint density at radius 1 is 0.855 bits per heavy atom. The third kappa shape index (κ3) is 11.8. The first-order chi connectivity index (χ1) is 25.8. The summed E-state index contributed by atoms with van der Waals surface area (Å²) in [5, 5.41) is 14.2. The summed E-state index contributed by atoms with van der Waals surface area (Å²) in [7, 11) is 1.88. The van der Waals surface area contributed by atoms with E-state index in [1.807, 2.05) is 36.0 Å². The van der Waals surface area contributed by atoms with Crippen LogP contribution in [0.25, 0.3) is 34.7 Å². The van der Waals surface area contributed by atoms with Crippen LogP contribution in [0.3, 0.4) is 0 Å². The topological polar surface area (TPSA) is 178 Å². The van der Waals surface area contributed by atoms with Crippen molar-refractivity contribution in [2.75, 3.05) is 0 Å². The molecule has 13 nitrogen and oxygen atoms in total. The molecule has 22 heteroatoms. The first-order valence-corrected chi connectivity index (χ1v) is 14.9. The average molecular weight is 787 g/mol. The van der Waals surface area contributed by atoms with Gasteiger partial charge in [0.15, 0.2) is 5.65 Å². The van der Waals surface area contributed by atoms with Crippen molar-refractivity contribution in [3.63, 3.8) is 0 Å². The second-order valence-corrected chi connectivity index (χ2v) is 10.6. The number of oxazole rings is 1. The number of pyridine rings is 1. The maximum Gasteiger partial charge on any atom is 0.490 e. The van der Waals surface area contributed by atoms with Crippen LogP contribution in [0.4, 0.5) is 39.5 Å². The number of benzene rings is 2. The Bertz CT molecular complexity index is 2220. The number of hydrogen-bond acceptors (Lipinski definition) is 9. The standard InChI is InChI=1S/C29H21F3N6O3.2C2HF3O2/c1-38-8-7-33-26(38)16-40-21-10-17(28-36-25-3-2-6-34-29(25)37-28)9-20(13-21)39-14-19-15-41-27(35-19)5-4-22-23(31)11-18(30)12-24(22)32;2*3-2(4,5)1(6)7/h2-13,15H,14,16H2,1H3,(H,34,36,37);2*(H,6,7)/b5-4+;;. The number of fused-ring (bicyclic) bond motifs is 1. The molecule has 0 saturated carbocycles. The Labute approximate surface area is 301 Å². The van der Waals surface area contributed by atoms with E-state index in [-0.39, 0.29) is 19.1 Å². The van der Waals surface area contributed by atoms with Gasteiger partial charge in [-0.15, -0.1) is 0 Å². The highest BCUT2D eigenvalue weighted by Gasteiger charge is 2.38. The van der Waals surface area contributed by atoms with Gasteiger partial charge in [0.1, 0.15) is 65.8 Å². The van der Waals surface area contributed by atoms with Gasteiger partial charge in [0.2, 0.25) is 5.89 Å². The van der Waals surface area contributed by atoms with Gasteiger partial charge in [-0.1, -0.05) is 0 Å². The zero-order valence-electron chi connectivity index (χ0n) is 27.5. The summed E-state index contributed by atoms with van der Waals surface area (Å²) in [5.74, 6) is -6.16. The molecule has 6 rings (SSSR count). The zero-order chi connectivity index (χ0) is 40.5. The number of aryl methyl sites for hydroxylation is 1. The zero-order valence-corrected chi connectivity index (χ0v) is 27.5. The molecule has 0 radical (unpaired) electrons. The van der Waals surface area contributed by atoms with Gasteiger partial charge in [-0.25, -0.2) is 42.7 Å². The Kier molecular flexibility index (Phi) is 12.9. The van der Waals surface area contributed by atoms with Crippen LogP contribution in [0, 0.1) is 17.5 Å². The highest BCUT2D eigenvalue weighted by atomic mass is 19.4. The molecule has 0 unspecified atom stereocenters. The summed E-state index contributed by atoms with van der Waals surface area (Å²) in [4.78, 5) is 38.4. The predicted molar refractivity (Wildman–Crippen MR) is 170 cm³/mol. The number of halogens is 9. The minimum Gasteiger partial charge on any atom is -0.487 e.